The number of benzene rings is 1. The summed E-state index contributed by atoms with van der Waals surface area (Å²) in [7, 11) is 2.88. The average Bonchev–Trinajstić information content (AvgIpc) is 3.84. The molecule has 8 atom stereocenters. The Kier molecular flexibility index (Phi) is 17.4. The zero-order valence-electron chi connectivity index (χ0n) is 38.9. The second-order valence-electron chi connectivity index (χ2n) is 19.1. The van der Waals surface area contributed by atoms with E-state index in [1.807, 2.05) is 0 Å². The molecule has 3 N–H and O–H groups in total. The lowest BCUT2D eigenvalue weighted by atomic mass is 9.64. The number of nitrogens with zero attached hydrogens (tertiary/aromatic N) is 5. The van der Waals surface area contributed by atoms with Crippen LogP contribution in [0.3, 0.4) is 0 Å². The van der Waals surface area contributed by atoms with Gasteiger partial charge in [-0.3, -0.25) is 33.6 Å². The largest absolute Gasteiger partial charge is 0.403 e. The van der Waals surface area contributed by atoms with Gasteiger partial charge in [-0.05, 0) is 68.7 Å². The number of likely N-dealkylation sites (N-methyl/N-ethyl adjacent to an activating group) is 2. The fourth-order valence-electron chi connectivity index (χ4n) is 9.74. The van der Waals surface area contributed by atoms with Crippen LogP contribution < -0.4 is 10.6 Å². The van der Waals surface area contributed by atoms with Crippen LogP contribution >= 0.6 is 23.2 Å². The Balaban J connectivity index is 1.46. The molecule has 0 unspecified atom stereocenters. The first-order valence-corrected chi connectivity index (χ1v) is 23.6. The molecule has 7 amide bonds. The van der Waals surface area contributed by atoms with Crippen LogP contribution in [0.1, 0.15) is 91.0 Å². The fraction of sp³-hybridized carbons (Fsp3) is 0.711. The lowest BCUT2D eigenvalue weighted by molar-refractivity contribution is -0.299. The number of aliphatic hydroxyl groups is 1. The first-order valence-electron chi connectivity index (χ1n) is 22.9. The molecule has 4 aliphatic rings. The molecule has 380 valence electrons. The summed E-state index contributed by atoms with van der Waals surface area (Å²) in [6, 6.07) is -3.81. The Bertz CT molecular complexity index is 2080. The standard InChI is InChI=1S/C45H61Cl2F6N7O8/c1-7-13-58(38(64)25(4)54-37(63)33-18-28(48)20-60(33)42(68)43(45(51,52)53)22-44(49,50)23-43)32-10-8-9-14-56(5)40(66)35-19-29(61)21-59(35)41(67)34(17-26-16-27(46)11-12-30(26)47)57(6)39(65)31(15-24(2)3)55-36(32)62/h11-12,16,24-25,28-29,31-35,61H,7-10,13-15,17-23H2,1-6H3,(H,54,63)(H,55,62)/t25-,28+,29-,31-,32-,33-,34-,35+/m0/s1. The number of nitrogens with one attached hydrogen (secondary N) is 2. The number of carbonyl (C=O) groups is 7. The molecule has 0 aromatic heterocycles. The van der Waals surface area contributed by atoms with Crippen LogP contribution in [-0.4, -0.2) is 172 Å². The number of hydrogen-bond acceptors (Lipinski definition) is 8. The number of alkyl halides is 6. The van der Waals surface area contributed by atoms with Crippen molar-refractivity contribution in [2.45, 2.75) is 153 Å². The molecule has 0 spiro atoms. The maximum atomic E-state index is 14.8. The summed E-state index contributed by atoms with van der Waals surface area (Å²) >= 11 is 12.9. The second-order valence-corrected chi connectivity index (χ2v) is 20.0. The Labute approximate surface area is 401 Å². The van der Waals surface area contributed by atoms with Crippen molar-refractivity contribution in [3.8, 4) is 0 Å². The summed E-state index contributed by atoms with van der Waals surface area (Å²) in [6.07, 6.45) is -12.4. The number of halogens is 8. The van der Waals surface area contributed by atoms with Crippen molar-refractivity contribution in [1.29, 1.82) is 0 Å². The number of rotatable bonds is 11. The number of amides is 7. The highest BCUT2D eigenvalue weighted by Crippen LogP contribution is 2.61. The van der Waals surface area contributed by atoms with Gasteiger partial charge < -0.3 is 40.2 Å². The smallest absolute Gasteiger partial charge is 0.391 e. The van der Waals surface area contributed by atoms with E-state index in [0.29, 0.717) is 15.5 Å². The zero-order valence-corrected chi connectivity index (χ0v) is 40.4. The zero-order chi connectivity index (χ0) is 50.8. The third kappa shape index (κ3) is 12.0. The van der Waals surface area contributed by atoms with Crippen LogP contribution in [0.15, 0.2) is 18.2 Å². The SMILES string of the molecule is CCCN(C(=O)[C@H](C)NC(=O)[C@@H]1C[C@@H](F)CN1C(=O)C1(C(F)(F)F)CC(F)(F)C1)[C@H]1CCCCN(C)C(=O)[C@H]2C[C@H](O)CN2C(=O)[C@H](Cc2cc(Cl)ccc2Cl)N(C)C(=O)[C@H](CC(C)C)NC1=O. The molecule has 0 radical (unpaired) electrons. The van der Waals surface area contributed by atoms with Crippen LogP contribution in [0, 0.1) is 11.3 Å². The van der Waals surface area contributed by atoms with Gasteiger partial charge >= 0.3 is 6.18 Å². The van der Waals surface area contributed by atoms with Gasteiger partial charge in [0.1, 0.15) is 42.4 Å². The molecule has 3 saturated heterocycles. The van der Waals surface area contributed by atoms with E-state index in [4.69, 9.17) is 23.2 Å². The molecule has 3 heterocycles. The molecule has 1 saturated carbocycles. The highest BCUT2D eigenvalue weighted by atomic mass is 35.5. The van der Waals surface area contributed by atoms with Gasteiger partial charge in [-0.25, -0.2) is 13.2 Å². The van der Waals surface area contributed by atoms with Gasteiger partial charge in [0, 0.05) is 75.9 Å². The van der Waals surface area contributed by atoms with Crippen molar-refractivity contribution >= 4 is 64.6 Å². The number of fused-ring (bicyclic) bond motifs is 1. The molecule has 23 heteroatoms. The van der Waals surface area contributed by atoms with Crippen LogP contribution in [0.5, 0.6) is 0 Å². The number of hydrogen-bond donors (Lipinski definition) is 3. The normalized spacial score (nSPS) is 27.7. The molecular weight excluding hydrogens is 951 g/mol. The summed E-state index contributed by atoms with van der Waals surface area (Å²) in [5.41, 5.74) is -3.13. The third-order valence-corrected chi connectivity index (χ3v) is 13.9. The van der Waals surface area contributed by atoms with Crippen molar-refractivity contribution in [3.63, 3.8) is 0 Å². The van der Waals surface area contributed by atoms with E-state index in [-0.39, 0.29) is 75.5 Å². The monoisotopic (exact) mass is 1010 g/mol. The second kappa shape index (κ2) is 21.7. The van der Waals surface area contributed by atoms with Crippen molar-refractivity contribution in [2.24, 2.45) is 11.3 Å². The van der Waals surface area contributed by atoms with Crippen molar-refractivity contribution in [2.75, 3.05) is 40.3 Å². The molecule has 0 bridgehead atoms. The molecule has 68 heavy (non-hydrogen) atoms. The molecule has 5 rings (SSSR count). The first kappa shape index (κ1) is 54.6. The Hall–Kier alpha value is -4.37. The lowest BCUT2D eigenvalue weighted by Crippen LogP contribution is -2.65. The summed E-state index contributed by atoms with van der Waals surface area (Å²) in [6.45, 7) is 5.41. The number of aliphatic hydroxyl groups excluding tert-OH is 1. The van der Waals surface area contributed by atoms with Crippen LogP contribution in [-0.2, 0) is 40.0 Å². The average molecular weight is 1010 g/mol. The highest BCUT2D eigenvalue weighted by molar-refractivity contribution is 6.33. The predicted octanol–water partition coefficient (Wildman–Crippen LogP) is 4.53. The summed E-state index contributed by atoms with van der Waals surface area (Å²) in [4.78, 5) is 105. The van der Waals surface area contributed by atoms with Gasteiger partial charge in [-0.2, -0.15) is 13.2 Å². The molecule has 1 aliphatic carbocycles. The lowest BCUT2D eigenvalue weighted by Gasteiger charge is -2.48. The molecule has 3 aliphatic heterocycles. The van der Waals surface area contributed by atoms with E-state index < -0.39 is 133 Å². The van der Waals surface area contributed by atoms with Crippen LogP contribution in [0.4, 0.5) is 26.3 Å². The summed E-state index contributed by atoms with van der Waals surface area (Å²) in [5.74, 6) is -10.6. The fourth-order valence-corrected chi connectivity index (χ4v) is 10.1. The van der Waals surface area contributed by atoms with Crippen molar-refractivity contribution < 1.29 is 65.0 Å². The molecule has 15 nitrogen and oxygen atoms in total. The van der Waals surface area contributed by atoms with Gasteiger partial charge in [-0.15, -0.1) is 0 Å². The van der Waals surface area contributed by atoms with E-state index in [9.17, 15) is 65.0 Å². The molecule has 1 aromatic carbocycles. The van der Waals surface area contributed by atoms with E-state index in [2.05, 4.69) is 10.6 Å². The molecular formula is C45H61Cl2F6N7O8. The summed E-state index contributed by atoms with van der Waals surface area (Å²) < 4.78 is 85.1. The van der Waals surface area contributed by atoms with Crippen LogP contribution in [0.25, 0.3) is 0 Å². The minimum Gasteiger partial charge on any atom is -0.391 e. The number of likely N-dealkylation sites (tertiary alicyclic amines) is 1. The van der Waals surface area contributed by atoms with Crippen molar-refractivity contribution in [1.82, 2.24) is 35.1 Å². The Morgan fingerprint density at radius 3 is 2.25 bits per heavy atom. The third-order valence-electron chi connectivity index (χ3n) is 13.3. The van der Waals surface area contributed by atoms with Gasteiger partial charge in [-0.1, -0.05) is 44.0 Å². The molecule has 4 fully saturated rings. The minimum atomic E-state index is -5.43. The van der Waals surface area contributed by atoms with E-state index in [0.717, 1.165) is 4.90 Å². The van der Waals surface area contributed by atoms with Crippen LogP contribution in [0.2, 0.25) is 10.0 Å². The van der Waals surface area contributed by atoms with Crippen molar-refractivity contribution in [3.05, 3.63) is 33.8 Å². The van der Waals surface area contributed by atoms with Gasteiger partial charge in [0.15, 0.2) is 5.41 Å². The summed E-state index contributed by atoms with van der Waals surface area (Å²) in [5, 5.41) is 16.5. The molecule has 1 aromatic rings. The highest BCUT2D eigenvalue weighted by Gasteiger charge is 2.75. The maximum absolute atomic E-state index is 14.8. The predicted molar refractivity (Wildman–Crippen MR) is 237 cm³/mol. The Morgan fingerprint density at radius 1 is 0.985 bits per heavy atom. The first-order chi connectivity index (χ1) is 31.6. The topological polar surface area (TPSA) is 180 Å². The number of carbonyl (C=O) groups excluding carboxylic acids is 7. The van der Waals surface area contributed by atoms with Gasteiger partial charge in [0.2, 0.25) is 41.4 Å². The van der Waals surface area contributed by atoms with Gasteiger partial charge in [0.25, 0.3) is 5.92 Å². The van der Waals surface area contributed by atoms with E-state index in [1.165, 1.54) is 47.9 Å². The quantitative estimate of drug-likeness (QED) is 0.271. The maximum Gasteiger partial charge on any atom is 0.403 e. The van der Waals surface area contributed by atoms with E-state index in [1.54, 1.807) is 26.8 Å². The minimum absolute atomic E-state index is 0.0278. The van der Waals surface area contributed by atoms with E-state index >= 15 is 0 Å². The Morgan fingerprint density at radius 2 is 1.65 bits per heavy atom. The van der Waals surface area contributed by atoms with Gasteiger partial charge in [0.05, 0.1) is 12.6 Å².